The molecule has 2 aromatic carbocycles. The zero-order valence-electron chi connectivity index (χ0n) is 20.2. The number of carbonyl (C=O) groups excluding carboxylic acids is 1. The largest absolute Gasteiger partial charge is 0.497 e. The highest BCUT2D eigenvalue weighted by molar-refractivity contribution is 7.99. The van der Waals surface area contributed by atoms with Gasteiger partial charge in [-0.2, -0.15) is 0 Å². The topological polar surface area (TPSA) is 100 Å². The Morgan fingerprint density at radius 2 is 1.95 bits per heavy atom. The Morgan fingerprint density at radius 3 is 2.66 bits per heavy atom. The van der Waals surface area contributed by atoms with Crippen LogP contribution in [0.1, 0.15) is 6.92 Å². The van der Waals surface area contributed by atoms with E-state index in [1.807, 2.05) is 31.2 Å². The molecule has 3 heterocycles. The van der Waals surface area contributed by atoms with Crippen LogP contribution in [0.25, 0.3) is 21.7 Å². The second-order valence-electron chi connectivity index (χ2n) is 7.69. The Bertz CT molecular complexity index is 1710. The van der Waals surface area contributed by atoms with Gasteiger partial charge in [-0.1, -0.05) is 29.2 Å². The Labute approximate surface area is 234 Å². The smallest absolute Gasteiger partial charge is 0.278 e. The highest BCUT2D eigenvalue weighted by Crippen LogP contribution is 2.29. The summed E-state index contributed by atoms with van der Waals surface area (Å²) in [5.74, 6) is 1.11. The minimum Gasteiger partial charge on any atom is -0.497 e. The molecule has 0 bridgehead atoms. The highest BCUT2D eigenvalue weighted by Gasteiger charge is 2.20. The first-order chi connectivity index (χ1) is 18.5. The maximum Gasteiger partial charge on any atom is 0.278 e. The molecule has 0 fully saturated rings. The summed E-state index contributed by atoms with van der Waals surface area (Å²) in [4.78, 5) is 35.5. The van der Waals surface area contributed by atoms with E-state index in [-0.39, 0.29) is 17.2 Å². The van der Waals surface area contributed by atoms with E-state index >= 15 is 0 Å². The molecule has 0 aliphatic heterocycles. The lowest BCUT2D eigenvalue weighted by molar-refractivity contribution is -0.113. The third-order valence-corrected chi connectivity index (χ3v) is 8.28. The van der Waals surface area contributed by atoms with Crippen molar-refractivity contribution in [2.24, 2.45) is 0 Å². The minimum absolute atomic E-state index is 0.0264. The number of anilines is 1. The molecule has 0 atom stereocenters. The van der Waals surface area contributed by atoms with Crippen LogP contribution in [0.4, 0.5) is 5.13 Å². The summed E-state index contributed by atoms with van der Waals surface area (Å²) in [5.41, 5.74) is 1.47. The summed E-state index contributed by atoms with van der Waals surface area (Å²) in [7, 11) is 1.59. The number of nitrogens with one attached hydrogen (secondary N) is 1. The maximum atomic E-state index is 13.9. The molecular formula is C25H21N5O4S4. The van der Waals surface area contributed by atoms with Crippen LogP contribution in [0.2, 0.25) is 0 Å². The Balaban J connectivity index is 1.62. The molecule has 0 saturated carbocycles. The van der Waals surface area contributed by atoms with Crippen molar-refractivity contribution in [3.05, 3.63) is 74.4 Å². The Hall–Kier alpha value is -3.52. The van der Waals surface area contributed by atoms with Gasteiger partial charge in [-0.25, -0.2) is 9.97 Å². The predicted molar refractivity (Wildman–Crippen MR) is 155 cm³/mol. The number of aromatic nitrogens is 4. The Morgan fingerprint density at radius 1 is 1.13 bits per heavy atom. The van der Waals surface area contributed by atoms with E-state index in [4.69, 9.17) is 26.7 Å². The van der Waals surface area contributed by atoms with Crippen molar-refractivity contribution in [1.29, 1.82) is 0 Å². The van der Waals surface area contributed by atoms with E-state index in [1.54, 1.807) is 47.5 Å². The molecule has 0 saturated heterocycles. The monoisotopic (exact) mass is 583 g/mol. The van der Waals surface area contributed by atoms with Crippen molar-refractivity contribution in [3.8, 4) is 22.9 Å². The van der Waals surface area contributed by atoms with E-state index in [0.29, 0.717) is 48.4 Å². The van der Waals surface area contributed by atoms with Gasteiger partial charge in [0.15, 0.2) is 19.9 Å². The van der Waals surface area contributed by atoms with Crippen molar-refractivity contribution < 1.29 is 14.3 Å². The van der Waals surface area contributed by atoms with Gasteiger partial charge in [-0.3, -0.25) is 18.7 Å². The van der Waals surface area contributed by atoms with Gasteiger partial charge in [0.2, 0.25) is 5.91 Å². The zero-order chi connectivity index (χ0) is 26.6. The number of nitrogens with zero attached hydrogens (tertiary/aromatic N) is 4. The summed E-state index contributed by atoms with van der Waals surface area (Å²) in [5, 5.41) is 5.40. The molecule has 9 nitrogen and oxygen atoms in total. The molecular weight excluding hydrogens is 563 g/mol. The summed E-state index contributed by atoms with van der Waals surface area (Å²) in [6.07, 6.45) is 1.62. The van der Waals surface area contributed by atoms with Gasteiger partial charge >= 0.3 is 0 Å². The number of thiazole rings is 2. The van der Waals surface area contributed by atoms with Crippen LogP contribution >= 0.6 is 46.7 Å². The third kappa shape index (κ3) is 5.36. The predicted octanol–water partition coefficient (Wildman–Crippen LogP) is 5.56. The fourth-order valence-electron chi connectivity index (χ4n) is 3.67. The summed E-state index contributed by atoms with van der Waals surface area (Å²) in [6, 6.07) is 14.5. The molecule has 0 aliphatic rings. The lowest BCUT2D eigenvalue weighted by Gasteiger charge is -2.13. The Kier molecular flexibility index (Phi) is 7.88. The first-order valence-corrected chi connectivity index (χ1v) is 14.5. The first kappa shape index (κ1) is 26.1. The highest BCUT2D eigenvalue weighted by atomic mass is 32.2. The number of rotatable bonds is 9. The zero-order valence-corrected chi connectivity index (χ0v) is 23.5. The fraction of sp³-hybridized carbons (Fsp3) is 0.160. The quantitative estimate of drug-likeness (QED) is 0.137. The molecule has 5 rings (SSSR count). The van der Waals surface area contributed by atoms with Crippen LogP contribution in [-0.2, 0) is 4.79 Å². The molecule has 38 heavy (non-hydrogen) atoms. The number of benzene rings is 2. The van der Waals surface area contributed by atoms with E-state index < -0.39 is 0 Å². The maximum absolute atomic E-state index is 13.9. The van der Waals surface area contributed by atoms with Gasteiger partial charge in [-0.05, 0) is 55.5 Å². The average molecular weight is 584 g/mol. The van der Waals surface area contributed by atoms with E-state index in [1.165, 1.54) is 27.2 Å². The average Bonchev–Trinajstić information content (AvgIpc) is 3.55. The number of amides is 1. The number of ether oxygens (including phenoxy) is 2. The molecule has 13 heteroatoms. The van der Waals surface area contributed by atoms with Gasteiger partial charge in [0.05, 0.1) is 30.8 Å². The molecule has 1 amide bonds. The summed E-state index contributed by atoms with van der Waals surface area (Å²) < 4.78 is 15.1. The van der Waals surface area contributed by atoms with E-state index in [2.05, 4.69) is 10.3 Å². The second-order valence-corrected chi connectivity index (χ2v) is 11.2. The standard InChI is InChI=1S/C25H21N5O4S4/c1-3-34-17-9-7-15(8-10-17)30-22(32)20-21(28-24(30)37-14-19(31)27-23-26-11-12-36-23)29(25(35)38-20)16-5-4-6-18(13-16)33-2/h4-13H,3,14H2,1-2H3,(H,26,27,31). The van der Waals surface area contributed by atoms with Gasteiger partial charge in [-0.15, -0.1) is 11.3 Å². The van der Waals surface area contributed by atoms with Crippen molar-refractivity contribution in [3.63, 3.8) is 0 Å². The second kappa shape index (κ2) is 11.5. The molecule has 5 aromatic rings. The number of hydrogen-bond acceptors (Lipinski definition) is 10. The molecule has 0 unspecified atom stereocenters. The van der Waals surface area contributed by atoms with Gasteiger partial charge in [0.1, 0.15) is 16.2 Å². The normalized spacial score (nSPS) is 11.0. The van der Waals surface area contributed by atoms with Gasteiger partial charge in [0.25, 0.3) is 5.56 Å². The van der Waals surface area contributed by atoms with Crippen molar-refractivity contribution in [1.82, 2.24) is 19.1 Å². The molecule has 0 aliphatic carbocycles. The van der Waals surface area contributed by atoms with Gasteiger partial charge in [0, 0.05) is 17.6 Å². The van der Waals surface area contributed by atoms with Crippen LogP contribution in [0, 0.1) is 3.95 Å². The molecule has 194 valence electrons. The van der Waals surface area contributed by atoms with Crippen LogP contribution in [0.15, 0.2) is 70.1 Å². The van der Waals surface area contributed by atoms with Crippen molar-refractivity contribution in [2.75, 3.05) is 24.8 Å². The fourth-order valence-corrected chi connectivity index (χ4v) is 6.32. The molecule has 0 radical (unpaired) electrons. The number of hydrogen-bond donors (Lipinski definition) is 1. The molecule has 1 N–H and O–H groups in total. The number of thioether (sulfide) groups is 1. The minimum atomic E-state index is -0.278. The van der Waals surface area contributed by atoms with Crippen LogP contribution in [0.3, 0.4) is 0 Å². The van der Waals surface area contributed by atoms with Crippen LogP contribution in [0.5, 0.6) is 11.5 Å². The van der Waals surface area contributed by atoms with Crippen molar-refractivity contribution in [2.45, 2.75) is 12.1 Å². The van der Waals surface area contributed by atoms with Crippen LogP contribution < -0.4 is 20.3 Å². The molecule has 3 aromatic heterocycles. The van der Waals surface area contributed by atoms with Crippen LogP contribution in [-0.4, -0.2) is 44.5 Å². The summed E-state index contributed by atoms with van der Waals surface area (Å²) in [6.45, 7) is 2.44. The molecule has 0 spiro atoms. The number of carbonyl (C=O) groups is 1. The van der Waals surface area contributed by atoms with E-state index in [9.17, 15) is 9.59 Å². The van der Waals surface area contributed by atoms with Gasteiger partial charge < -0.3 is 14.8 Å². The first-order valence-electron chi connectivity index (χ1n) is 11.4. The SMILES string of the molecule is CCOc1ccc(-n2c(SCC(=O)Nc3nccs3)nc3c(sc(=S)n3-c3cccc(OC)c3)c2=O)cc1. The lowest BCUT2D eigenvalue weighted by atomic mass is 10.3. The van der Waals surface area contributed by atoms with Crippen molar-refractivity contribution >= 4 is 68.0 Å². The number of fused-ring (bicyclic) bond motifs is 1. The summed E-state index contributed by atoms with van der Waals surface area (Å²) >= 11 is 9.33. The third-order valence-electron chi connectivity index (χ3n) is 5.31. The lowest BCUT2D eigenvalue weighted by Crippen LogP contribution is -2.22. The van der Waals surface area contributed by atoms with E-state index in [0.717, 1.165) is 17.4 Å². The number of methoxy groups -OCH3 is 1.